The molecule has 0 bridgehead atoms. The zero-order chi connectivity index (χ0) is 22.3. The number of carbonyl (C=O) groups excluding carboxylic acids is 1. The molecule has 0 unspecified atom stereocenters. The summed E-state index contributed by atoms with van der Waals surface area (Å²) < 4.78 is 12.9. The Hall–Kier alpha value is -4.37. The summed E-state index contributed by atoms with van der Waals surface area (Å²) in [4.78, 5) is 16.4. The molecular weight excluding hydrogens is 402 g/mol. The summed E-state index contributed by atoms with van der Waals surface area (Å²) in [6.45, 7) is 2.47. The van der Waals surface area contributed by atoms with Crippen LogP contribution in [0.4, 0.5) is 0 Å². The fraction of sp³-hybridized carbons (Fsp3) is 0.115. The van der Waals surface area contributed by atoms with Crippen LogP contribution in [-0.2, 0) is 11.3 Å². The van der Waals surface area contributed by atoms with Crippen molar-refractivity contribution in [3.05, 3.63) is 102 Å². The molecule has 6 heteroatoms. The highest BCUT2D eigenvalue weighted by atomic mass is 16.5. The normalized spacial score (nSPS) is 10.4. The molecule has 158 valence electrons. The van der Waals surface area contributed by atoms with Crippen LogP contribution in [0.1, 0.15) is 28.4 Å². The standard InChI is InChI=1S/C26H21N3O3/c1-2-31-26(30)20-12-13-28-25(14-20)29-16-21(15-27)23(17-29)22-10-6-7-11-24(22)32-18-19-8-4-3-5-9-19/h3-14,16-17H,2,18H2,1H3. The number of esters is 1. The highest BCUT2D eigenvalue weighted by Crippen LogP contribution is 2.34. The van der Waals surface area contributed by atoms with Gasteiger partial charge in [0.05, 0.1) is 17.7 Å². The third-order valence-electron chi connectivity index (χ3n) is 4.88. The highest BCUT2D eigenvalue weighted by molar-refractivity contribution is 5.89. The Labute approximate surface area is 186 Å². The van der Waals surface area contributed by atoms with Gasteiger partial charge in [-0.1, -0.05) is 48.5 Å². The Balaban J connectivity index is 1.67. The van der Waals surface area contributed by atoms with E-state index in [2.05, 4.69) is 11.1 Å². The zero-order valence-electron chi connectivity index (χ0n) is 17.6. The smallest absolute Gasteiger partial charge is 0.338 e. The Morgan fingerprint density at radius 1 is 1.03 bits per heavy atom. The van der Waals surface area contributed by atoms with Gasteiger partial charge in [0, 0.05) is 29.7 Å². The molecule has 0 aliphatic carbocycles. The van der Waals surface area contributed by atoms with Crippen molar-refractivity contribution >= 4 is 5.97 Å². The van der Waals surface area contributed by atoms with Gasteiger partial charge in [0.2, 0.25) is 0 Å². The van der Waals surface area contributed by atoms with Crippen LogP contribution in [0.2, 0.25) is 0 Å². The van der Waals surface area contributed by atoms with Crippen LogP contribution >= 0.6 is 0 Å². The van der Waals surface area contributed by atoms with Crippen molar-refractivity contribution in [2.24, 2.45) is 0 Å². The zero-order valence-corrected chi connectivity index (χ0v) is 17.6. The number of rotatable bonds is 7. The summed E-state index contributed by atoms with van der Waals surface area (Å²) in [5, 5.41) is 9.75. The summed E-state index contributed by atoms with van der Waals surface area (Å²) in [7, 11) is 0. The first-order valence-corrected chi connectivity index (χ1v) is 10.2. The van der Waals surface area contributed by atoms with Crippen molar-refractivity contribution in [3.8, 4) is 28.8 Å². The molecule has 6 nitrogen and oxygen atoms in total. The predicted octanol–water partition coefficient (Wildman–Crippen LogP) is 5.17. The van der Waals surface area contributed by atoms with Gasteiger partial charge in [-0.2, -0.15) is 5.26 Å². The first-order valence-electron chi connectivity index (χ1n) is 10.2. The van der Waals surface area contributed by atoms with E-state index in [1.54, 1.807) is 36.0 Å². The van der Waals surface area contributed by atoms with Crippen LogP contribution in [0.15, 0.2) is 85.3 Å². The molecule has 0 spiro atoms. The minimum atomic E-state index is -0.413. The Morgan fingerprint density at radius 2 is 1.81 bits per heavy atom. The van der Waals surface area contributed by atoms with Gasteiger partial charge in [-0.05, 0) is 30.7 Å². The molecular formula is C26H21N3O3. The van der Waals surface area contributed by atoms with Crippen molar-refractivity contribution in [3.63, 3.8) is 0 Å². The monoisotopic (exact) mass is 423 g/mol. The number of ether oxygens (including phenoxy) is 2. The predicted molar refractivity (Wildman–Crippen MR) is 120 cm³/mol. The lowest BCUT2D eigenvalue weighted by molar-refractivity contribution is 0.0526. The Bertz CT molecular complexity index is 1270. The lowest BCUT2D eigenvalue weighted by Crippen LogP contribution is -2.06. The Morgan fingerprint density at radius 3 is 2.59 bits per heavy atom. The number of nitrogens with zero attached hydrogens (tertiary/aromatic N) is 3. The summed E-state index contributed by atoms with van der Waals surface area (Å²) in [5.41, 5.74) is 3.46. The molecule has 4 aromatic rings. The van der Waals surface area contributed by atoms with Crippen LogP contribution in [0.3, 0.4) is 0 Å². The number of pyridine rings is 1. The third kappa shape index (κ3) is 4.52. The SMILES string of the molecule is CCOC(=O)c1ccnc(-n2cc(C#N)c(-c3ccccc3OCc3ccccc3)c2)c1. The molecule has 0 amide bonds. The summed E-state index contributed by atoms with van der Waals surface area (Å²) >= 11 is 0. The van der Waals surface area contributed by atoms with E-state index >= 15 is 0 Å². The molecule has 2 aromatic carbocycles. The molecule has 0 N–H and O–H groups in total. The molecule has 4 rings (SSSR count). The number of carbonyl (C=O) groups is 1. The van der Waals surface area contributed by atoms with Crippen molar-refractivity contribution < 1.29 is 14.3 Å². The summed E-state index contributed by atoms with van der Waals surface area (Å²) in [6.07, 6.45) is 5.06. The van der Waals surface area contributed by atoms with Crippen molar-refractivity contribution in [2.75, 3.05) is 6.61 Å². The quantitative estimate of drug-likeness (QED) is 0.384. The second-order valence-electron chi connectivity index (χ2n) is 7.00. The van der Waals surface area contributed by atoms with Crippen LogP contribution in [0, 0.1) is 11.3 Å². The van der Waals surface area contributed by atoms with Gasteiger partial charge >= 0.3 is 5.97 Å². The number of benzene rings is 2. The minimum Gasteiger partial charge on any atom is -0.488 e. The van der Waals surface area contributed by atoms with Gasteiger partial charge in [-0.3, -0.25) is 0 Å². The van der Waals surface area contributed by atoms with Crippen LogP contribution < -0.4 is 4.74 Å². The van der Waals surface area contributed by atoms with E-state index in [9.17, 15) is 10.1 Å². The number of nitriles is 1. The second kappa shape index (κ2) is 9.63. The molecule has 32 heavy (non-hydrogen) atoms. The van der Waals surface area contributed by atoms with E-state index in [1.807, 2.05) is 60.8 Å². The fourth-order valence-electron chi connectivity index (χ4n) is 3.34. The van der Waals surface area contributed by atoms with E-state index < -0.39 is 5.97 Å². The first-order chi connectivity index (χ1) is 15.7. The molecule has 0 radical (unpaired) electrons. The number of aromatic nitrogens is 2. The highest BCUT2D eigenvalue weighted by Gasteiger charge is 2.16. The molecule has 0 aliphatic rings. The van der Waals surface area contributed by atoms with Gasteiger partial charge in [-0.25, -0.2) is 9.78 Å². The van der Waals surface area contributed by atoms with Gasteiger partial charge in [0.15, 0.2) is 0 Å². The van der Waals surface area contributed by atoms with Gasteiger partial charge in [-0.15, -0.1) is 0 Å². The van der Waals surface area contributed by atoms with Crippen LogP contribution in [0.25, 0.3) is 16.9 Å². The summed E-state index contributed by atoms with van der Waals surface area (Å²) in [6, 6.07) is 23.0. The average Bonchev–Trinajstić information content (AvgIpc) is 3.28. The van der Waals surface area contributed by atoms with Crippen LogP contribution in [0.5, 0.6) is 5.75 Å². The molecule has 2 heterocycles. The van der Waals surface area contributed by atoms with Gasteiger partial charge in [0.25, 0.3) is 0 Å². The number of hydrogen-bond donors (Lipinski definition) is 0. The lowest BCUT2D eigenvalue weighted by atomic mass is 10.0. The van der Waals surface area contributed by atoms with E-state index in [-0.39, 0.29) is 0 Å². The van der Waals surface area contributed by atoms with E-state index in [0.717, 1.165) is 16.7 Å². The first kappa shape index (κ1) is 20.9. The third-order valence-corrected chi connectivity index (χ3v) is 4.88. The molecule has 0 fully saturated rings. The van der Waals surface area contributed by atoms with Crippen LogP contribution in [-0.4, -0.2) is 22.1 Å². The minimum absolute atomic E-state index is 0.294. The molecule has 0 aliphatic heterocycles. The maximum Gasteiger partial charge on any atom is 0.338 e. The molecule has 0 saturated heterocycles. The molecule has 0 saturated carbocycles. The molecule has 2 aromatic heterocycles. The number of hydrogen-bond acceptors (Lipinski definition) is 5. The average molecular weight is 423 g/mol. The maximum absolute atomic E-state index is 12.1. The topological polar surface area (TPSA) is 77.1 Å². The van der Waals surface area contributed by atoms with E-state index in [4.69, 9.17) is 9.47 Å². The van der Waals surface area contributed by atoms with E-state index in [1.165, 1.54) is 0 Å². The van der Waals surface area contributed by atoms with Gasteiger partial charge < -0.3 is 14.0 Å². The number of para-hydroxylation sites is 1. The largest absolute Gasteiger partial charge is 0.488 e. The van der Waals surface area contributed by atoms with Gasteiger partial charge in [0.1, 0.15) is 24.2 Å². The second-order valence-corrected chi connectivity index (χ2v) is 7.00. The fourth-order valence-corrected chi connectivity index (χ4v) is 3.34. The maximum atomic E-state index is 12.1. The van der Waals surface area contributed by atoms with E-state index in [0.29, 0.717) is 35.9 Å². The summed E-state index contributed by atoms with van der Waals surface area (Å²) in [5.74, 6) is 0.781. The Kier molecular flexibility index (Phi) is 6.28. The van der Waals surface area contributed by atoms with Crippen molar-refractivity contribution in [1.82, 2.24) is 9.55 Å². The molecule has 0 atom stereocenters. The van der Waals surface area contributed by atoms with Crippen molar-refractivity contribution in [1.29, 1.82) is 5.26 Å². The lowest BCUT2D eigenvalue weighted by Gasteiger charge is -2.11. The van der Waals surface area contributed by atoms with Crippen molar-refractivity contribution in [2.45, 2.75) is 13.5 Å².